The number of nitrogens with one attached hydrogen (secondary N) is 1. The van der Waals surface area contributed by atoms with Crippen molar-refractivity contribution in [2.24, 2.45) is 11.8 Å². The van der Waals surface area contributed by atoms with Crippen LogP contribution in [0.2, 0.25) is 0 Å². The first-order valence-electron chi connectivity index (χ1n) is 15.0. The molecule has 2 unspecified atom stereocenters. The summed E-state index contributed by atoms with van der Waals surface area (Å²) in [5.74, 6) is -7.30. The summed E-state index contributed by atoms with van der Waals surface area (Å²) in [5, 5.41) is 2.34. The summed E-state index contributed by atoms with van der Waals surface area (Å²) in [6, 6.07) is 11.9. The number of rotatable bonds is 9. The van der Waals surface area contributed by atoms with Crippen LogP contribution in [-0.4, -0.2) is 66.7 Å². The standard InChI is InChI=1S/C34H33F3N2O10/c1-18(2)30(41)48-27-19(3)47-33(44)24(17-46-32(43)23(27)15-20-9-6-5-7-10-20)39-29(40)26-28(25(45-4)13-14-38-26)49-31(42)21-11-8-12-22(16-21)34(35,36)37/h5-14,16,18-19,23-24,27H,15,17H2,1-4H3,(H,39,40)/t19-,23+,24?,27?/m0/s1. The highest BCUT2D eigenvalue weighted by atomic mass is 19.4. The molecule has 0 saturated carbocycles. The summed E-state index contributed by atoms with van der Waals surface area (Å²) in [5.41, 5.74) is -1.45. The zero-order chi connectivity index (χ0) is 35.9. The van der Waals surface area contributed by atoms with E-state index in [1.807, 2.05) is 0 Å². The minimum atomic E-state index is -4.74. The Kier molecular flexibility index (Phi) is 11.6. The zero-order valence-corrected chi connectivity index (χ0v) is 26.8. The lowest BCUT2D eigenvalue weighted by atomic mass is 9.91. The molecule has 1 amide bonds. The molecule has 260 valence electrons. The van der Waals surface area contributed by atoms with Gasteiger partial charge in [-0.3, -0.25) is 14.4 Å². The number of cyclic esters (lactones) is 2. The number of carbonyl (C=O) groups is 5. The molecule has 3 aromatic rings. The number of hydrogen-bond acceptors (Lipinski definition) is 11. The molecule has 4 rings (SSSR count). The van der Waals surface area contributed by atoms with Crippen LogP contribution in [0.25, 0.3) is 0 Å². The van der Waals surface area contributed by atoms with E-state index in [9.17, 15) is 37.1 Å². The minimum absolute atomic E-state index is 0.0724. The second-order valence-electron chi connectivity index (χ2n) is 11.3. The van der Waals surface area contributed by atoms with Crippen LogP contribution in [0.5, 0.6) is 11.5 Å². The summed E-state index contributed by atoms with van der Waals surface area (Å²) in [6.07, 6.45) is -5.96. The van der Waals surface area contributed by atoms with Crippen LogP contribution >= 0.6 is 0 Å². The van der Waals surface area contributed by atoms with Crippen molar-refractivity contribution in [3.05, 3.63) is 89.2 Å². The Morgan fingerprint density at radius 2 is 1.73 bits per heavy atom. The monoisotopic (exact) mass is 686 g/mol. The molecule has 1 N–H and O–H groups in total. The van der Waals surface area contributed by atoms with Gasteiger partial charge in [0.1, 0.15) is 18.6 Å². The number of benzene rings is 2. The molecule has 1 aromatic heterocycles. The summed E-state index contributed by atoms with van der Waals surface area (Å²) >= 11 is 0. The molecule has 49 heavy (non-hydrogen) atoms. The number of pyridine rings is 1. The predicted molar refractivity (Wildman–Crippen MR) is 163 cm³/mol. The largest absolute Gasteiger partial charge is 0.493 e. The number of ether oxygens (including phenoxy) is 5. The third-order valence-electron chi connectivity index (χ3n) is 7.39. The Balaban J connectivity index is 1.60. The number of alkyl halides is 3. The third-order valence-corrected chi connectivity index (χ3v) is 7.39. The second kappa shape index (κ2) is 15.6. The first-order chi connectivity index (χ1) is 23.2. The van der Waals surface area contributed by atoms with E-state index in [1.165, 1.54) is 20.1 Å². The SMILES string of the molecule is COc1ccnc(C(=O)NC2COC(=O)[C@H](Cc3ccccc3)C(OC(=O)C(C)C)[C@H](C)OC2=O)c1OC(=O)c1cccc(C(F)(F)F)c1. The van der Waals surface area contributed by atoms with Gasteiger partial charge in [-0.05, 0) is 37.1 Å². The molecule has 0 aliphatic carbocycles. The fourth-order valence-corrected chi connectivity index (χ4v) is 4.80. The van der Waals surface area contributed by atoms with Crippen LogP contribution in [0.15, 0.2) is 66.9 Å². The number of amides is 1. The van der Waals surface area contributed by atoms with Gasteiger partial charge in [0.05, 0.1) is 24.2 Å². The van der Waals surface area contributed by atoms with Crippen molar-refractivity contribution in [2.45, 2.75) is 51.6 Å². The minimum Gasteiger partial charge on any atom is -0.493 e. The molecular weight excluding hydrogens is 653 g/mol. The number of aromatic nitrogens is 1. The molecule has 1 fully saturated rings. The van der Waals surface area contributed by atoms with Gasteiger partial charge in [0.25, 0.3) is 5.91 Å². The van der Waals surface area contributed by atoms with Crippen LogP contribution < -0.4 is 14.8 Å². The van der Waals surface area contributed by atoms with E-state index < -0.39 is 95.2 Å². The van der Waals surface area contributed by atoms with Crippen LogP contribution in [-0.2, 0) is 41.2 Å². The van der Waals surface area contributed by atoms with Crippen LogP contribution in [0.4, 0.5) is 13.2 Å². The Morgan fingerprint density at radius 3 is 2.39 bits per heavy atom. The molecular formula is C34H33F3N2O10. The average molecular weight is 687 g/mol. The van der Waals surface area contributed by atoms with E-state index >= 15 is 0 Å². The Labute approximate surface area is 278 Å². The topological polar surface area (TPSA) is 156 Å². The number of nitrogens with zero attached hydrogens (tertiary/aromatic N) is 1. The highest BCUT2D eigenvalue weighted by Gasteiger charge is 2.42. The fraction of sp³-hybridized carbons (Fsp3) is 0.353. The summed E-state index contributed by atoms with van der Waals surface area (Å²) in [7, 11) is 1.18. The maximum Gasteiger partial charge on any atom is 0.416 e. The van der Waals surface area contributed by atoms with Gasteiger partial charge >= 0.3 is 30.1 Å². The molecule has 1 aliphatic heterocycles. The maximum atomic E-state index is 13.5. The van der Waals surface area contributed by atoms with Crippen LogP contribution in [0, 0.1) is 11.8 Å². The number of methoxy groups -OCH3 is 1. The van der Waals surface area contributed by atoms with E-state index in [4.69, 9.17) is 23.7 Å². The van der Waals surface area contributed by atoms with Crippen molar-refractivity contribution < 1.29 is 60.8 Å². The quantitative estimate of drug-likeness (QED) is 0.252. The summed E-state index contributed by atoms with van der Waals surface area (Å²) in [6.45, 7) is 3.93. The van der Waals surface area contributed by atoms with Gasteiger partial charge in [0.15, 0.2) is 23.6 Å². The van der Waals surface area contributed by atoms with E-state index in [-0.39, 0.29) is 12.2 Å². The van der Waals surface area contributed by atoms with Crippen molar-refractivity contribution in [3.8, 4) is 11.5 Å². The highest BCUT2D eigenvalue weighted by molar-refractivity contribution is 6.00. The third kappa shape index (κ3) is 9.12. The van der Waals surface area contributed by atoms with Gasteiger partial charge in [-0.15, -0.1) is 0 Å². The molecule has 2 heterocycles. The summed E-state index contributed by atoms with van der Waals surface area (Å²) in [4.78, 5) is 69.8. The van der Waals surface area contributed by atoms with Crippen LogP contribution in [0.3, 0.4) is 0 Å². The first kappa shape index (κ1) is 36.4. The van der Waals surface area contributed by atoms with Gasteiger partial charge in [0, 0.05) is 12.3 Å². The van der Waals surface area contributed by atoms with E-state index in [0.717, 1.165) is 24.4 Å². The lowest BCUT2D eigenvalue weighted by molar-refractivity contribution is -0.176. The molecule has 0 bridgehead atoms. The maximum absolute atomic E-state index is 13.5. The highest BCUT2D eigenvalue weighted by Crippen LogP contribution is 2.33. The van der Waals surface area contributed by atoms with Gasteiger partial charge in [0.2, 0.25) is 5.75 Å². The van der Waals surface area contributed by atoms with Crippen molar-refractivity contribution in [1.82, 2.24) is 10.3 Å². The van der Waals surface area contributed by atoms with Crippen LogP contribution in [0.1, 0.15) is 52.7 Å². The molecule has 15 heteroatoms. The van der Waals surface area contributed by atoms with Gasteiger partial charge in [-0.2, -0.15) is 13.2 Å². The van der Waals surface area contributed by atoms with Gasteiger partial charge in [-0.25, -0.2) is 14.6 Å². The number of carbonyl (C=O) groups excluding carboxylic acids is 5. The summed E-state index contributed by atoms with van der Waals surface area (Å²) < 4.78 is 66.9. The first-order valence-corrected chi connectivity index (χ1v) is 15.0. The van der Waals surface area contributed by atoms with Crippen molar-refractivity contribution >= 4 is 29.8 Å². The Morgan fingerprint density at radius 1 is 1.02 bits per heavy atom. The Hall–Kier alpha value is -5.47. The zero-order valence-electron chi connectivity index (χ0n) is 26.8. The lowest BCUT2D eigenvalue weighted by Gasteiger charge is -2.29. The lowest BCUT2D eigenvalue weighted by Crippen LogP contribution is -2.47. The average Bonchev–Trinajstić information content (AvgIpc) is 3.10. The molecule has 2 aromatic carbocycles. The smallest absolute Gasteiger partial charge is 0.416 e. The molecule has 12 nitrogen and oxygen atoms in total. The molecule has 1 saturated heterocycles. The molecule has 0 radical (unpaired) electrons. The number of halogens is 3. The van der Waals surface area contributed by atoms with Crippen molar-refractivity contribution in [3.63, 3.8) is 0 Å². The Bertz CT molecular complexity index is 1700. The second-order valence-corrected chi connectivity index (χ2v) is 11.3. The van der Waals surface area contributed by atoms with Crippen molar-refractivity contribution in [2.75, 3.05) is 13.7 Å². The molecule has 4 atom stereocenters. The number of hydrogen-bond donors (Lipinski definition) is 1. The van der Waals surface area contributed by atoms with Crippen molar-refractivity contribution in [1.29, 1.82) is 0 Å². The number of esters is 4. The predicted octanol–water partition coefficient (Wildman–Crippen LogP) is 4.34. The van der Waals surface area contributed by atoms with E-state index in [2.05, 4.69) is 10.3 Å². The van der Waals surface area contributed by atoms with E-state index in [1.54, 1.807) is 44.2 Å². The fourth-order valence-electron chi connectivity index (χ4n) is 4.80. The van der Waals surface area contributed by atoms with E-state index in [0.29, 0.717) is 11.6 Å². The van der Waals surface area contributed by atoms with Gasteiger partial charge in [-0.1, -0.05) is 50.2 Å². The normalized spacial score (nSPS) is 19.8. The molecule has 0 spiro atoms. The van der Waals surface area contributed by atoms with Gasteiger partial charge < -0.3 is 29.0 Å². The molecule has 1 aliphatic rings.